The van der Waals surface area contributed by atoms with Gasteiger partial charge in [-0.1, -0.05) is 0 Å². The van der Waals surface area contributed by atoms with Crippen molar-refractivity contribution in [1.82, 2.24) is 5.32 Å². The van der Waals surface area contributed by atoms with E-state index < -0.39 is 23.6 Å². The van der Waals surface area contributed by atoms with Crippen molar-refractivity contribution < 1.29 is 27.2 Å². The van der Waals surface area contributed by atoms with Gasteiger partial charge in [-0.15, -0.1) is 0 Å². The first kappa shape index (κ1) is 19.8. The molecule has 2 amide bonds. The second-order valence-corrected chi connectivity index (χ2v) is 6.49. The third kappa shape index (κ3) is 4.85. The smallest absolute Gasteiger partial charge is 0.416 e. The second-order valence-electron chi connectivity index (χ2n) is 6.49. The number of hydrogen-bond acceptors (Lipinski definition) is 4. The molecule has 2 heterocycles. The van der Waals surface area contributed by atoms with Gasteiger partial charge in [-0.05, 0) is 37.1 Å². The standard InChI is InChI=1S/C19H20F3N3O3/c20-19(21,22)14-3-4-16(25-8-1-2-9-25)15(11-14)24-17(26)5-7-23-18(27)13-6-10-28-12-13/h3-4,6,10-12H,1-2,5,7-9H2,(H,23,27)(H,24,26). The average molecular weight is 395 g/mol. The molecule has 9 heteroatoms. The number of carbonyl (C=O) groups excluding carboxylic acids is 2. The molecular formula is C19H20F3N3O3. The molecule has 1 fully saturated rings. The third-order valence-electron chi connectivity index (χ3n) is 4.47. The van der Waals surface area contributed by atoms with Gasteiger partial charge in [0.15, 0.2) is 0 Å². The number of anilines is 2. The summed E-state index contributed by atoms with van der Waals surface area (Å²) >= 11 is 0. The number of halogens is 3. The molecule has 1 aromatic carbocycles. The van der Waals surface area contributed by atoms with E-state index in [1.807, 2.05) is 4.90 Å². The van der Waals surface area contributed by atoms with E-state index in [0.29, 0.717) is 11.3 Å². The van der Waals surface area contributed by atoms with Crippen LogP contribution in [-0.2, 0) is 11.0 Å². The lowest BCUT2D eigenvalue weighted by Crippen LogP contribution is -2.28. The highest BCUT2D eigenvalue weighted by Crippen LogP contribution is 2.36. The summed E-state index contributed by atoms with van der Waals surface area (Å²) in [4.78, 5) is 26.0. The van der Waals surface area contributed by atoms with Gasteiger partial charge in [-0.25, -0.2) is 0 Å². The van der Waals surface area contributed by atoms with Gasteiger partial charge >= 0.3 is 6.18 Å². The maximum absolute atomic E-state index is 13.1. The first-order chi connectivity index (χ1) is 13.3. The second kappa shape index (κ2) is 8.37. The maximum atomic E-state index is 13.1. The number of hydrogen-bond donors (Lipinski definition) is 2. The van der Waals surface area contributed by atoms with E-state index in [9.17, 15) is 22.8 Å². The van der Waals surface area contributed by atoms with Crippen molar-refractivity contribution in [3.8, 4) is 0 Å². The van der Waals surface area contributed by atoms with Gasteiger partial charge in [0.1, 0.15) is 6.26 Å². The van der Waals surface area contributed by atoms with Crippen molar-refractivity contribution in [2.45, 2.75) is 25.4 Å². The molecular weight excluding hydrogens is 375 g/mol. The maximum Gasteiger partial charge on any atom is 0.416 e. The van der Waals surface area contributed by atoms with Crippen LogP contribution in [0, 0.1) is 0 Å². The summed E-state index contributed by atoms with van der Waals surface area (Å²) in [5.41, 5.74) is 0.206. The fraction of sp³-hybridized carbons (Fsp3) is 0.368. The molecule has 28 heavy (non-hydrogen) atoms. The zero-order chi connectivity index (χ0) is 20.1. The van der Waals surface area contributed by atoms with Crippen LogP contribution in [0.2, 0.25) is 0 Å². The number of nitrogens with zero attached hydrogens (tertiary/aromatic N) is 1. The van der Waals surface area contributed by atoms with Gasteiger partial charge in [0.2, 0.25) is 5.91 Å². The monoisotopic (exact) mass is 395 g/mol. The van der Waals surface area contributed by atoms with Crippen LogP contribution in [0.3, 0.4) is 0 Å². The lowest BCUT2D eigenvalue weighted by atomic mass is 10.1. The largest absolute Gasteiger partial charge is 0.472 e. The van der Waals surface area contributed by atoms with E-state index in [1.165, 1.54) is 24.7 Å². The number of nitrogens with one attached hydrogen (secondary N) is 2. The van der Waals surface area contributed by atoms with Crippen LogP contribution in [-0.4, -0.2) is 31.4 Å². The minimum Gasteiger partial charge on any atom is -0.472 e. The lowest BCUT2D eigenvalue weighted by Gasteiger charge is -2.23. The molecule has 0 spiro atoms. The molecule has 6 nitrogen and oxygen atoms in total. The lowest BCUT2D eigenvalue weighted by molar-refractivity contribution is -0.137. The van der Waals surface area contributed by atoms with Crippen LogP contribution in [0.5, 0.6) is 0 Å². The van der Waals surface area contributed by atoms with Crippen molar-refractivity contribution in [3.05, 3.63) is 47.9 Å². The SMILES string of the molecule is O=C(CCNC(=O)c1ccoc1)Nc1cc(C(F)(F)F)ccc1N1CCCC1. The van der Waals surface area contributed by atoms with Crippen LogP contribution < -0.4 is 15.5 Å². The molecule has 0 saturated carbocycles. The summed E-state index contributed by atoms with van der Waals surface area (Å²) in [5, 5.41) is 5.11. The van der Waals surface area contributed by atoms with Gasteiger partial charge in [0.25, 0.3) is 5.91 Å². The quantitative estimate of drug-likeness (QED) is 0.783. The molecule has 150 valence electrons. The summed E-state index contributed by atoms with van der Waals surface area (Å²) in [5.74, 6) is -0.870. The Morgan fingerprint density at radius 2 is 1.89 bits per heavy atom. The van der Waals surface area contributed by atoms with Crippen LogP contribution in [0.1, 0.15) is 35.2 Å². The summed E-state index contributed by atoms with van der Waals surface area (Å²) in [6.45, 7) is 1.51. The zero-order valence-electron chi connectivity index (χ0n) is 15.0. The number of amides is 2. The van der Waals surface area contributed by atoms with E-state index in [0.717, 1.165) is 38.1 Å². The van der Waals surface area contributed by atoms with Crippen LogP contribution in [0.25, 0.3) is 0 Å². The Morgan fingerprint density at radius 3 is 2.54 bits per heavy atom. The Hall–Kier alpha value is -2.97. The number of benzene rings is 1. The number of alkyl halides is 3. The number of furan rings is 1. The van der Waals surface area contributed by atoms with Gasteiger partial charge in [0, 0.05) is 26.1 Å². The summed E-state index contributed by atoms with van der Waals surface area (Å²) < 4.78 is 44.0. The molecule has 1 saturated heterocycles. The van der Waals surface area contributed by atoms with Gasteiger partial charge in [0.05, 0.1) is 28.8 Å². The summed E-state index contributed by atoms with van der Waals surface area (Å²) in [7, 11) is 0. The molecule has 1 aromatic heterocycles. The minimum absolute atomic E-state index is 0.0495. The molecule has 0 radical (unpaired) electrons. The van der Waals surface area contributed by atoms with Crippen molar-refractivity contribution in [3.63, 3.8) is 0 Å². The number of carbonyl (C=O) groups is 2. The van der Waals surface area contributed by atoms with Crippen LogP contribution >= 0.6 is 0 Å². The highest BCUT2D eigenvalue weighted by Gasteiger charge is 2.32. The van der Waals surface area contributed by atoms with E-state index in [2.05, 4.69) is 10.6 Å². The Morgan fingerprint density at radius 1 is 1.14 bits per heavy atom. The van der Waals surface area contributed by atoms with Crippen molar-refractivity contribution in [2.24, 2.45) is 0 Å². The number of rotatable bonds is 6. The van der Waals surface area contributed by atoms with Crippen molar-refractivity contribution >= 4 is 23.2 Å². The average Bonchev–Trinajstić information content (AvgIpc) is 3.35. The first-order valence-electron chi connectivity index (χ1n) is 8.91. The fourth-order valence-electron chi connectivity index (χ4n) is 3.04. The van der Waals surface area contributed by atoms with Gasteiger partial charge in [-0.2, -0.15) is 13.2 Å². The normalized spacial score (nSPS) is 14.2. The summed E-state index contributed by atoms with van der Waals surface area (Å²) in [6, 6.07) is 4.86. The molecule has 3 rings (SSSR count). The molecule has 0 unspecified atom stereocenters. The molecule has 1 aliphatic heterocycles. The Balaban J connectivity index is 1.65. The topological polar surface area (TPSA) is 74.6 Å². The van der Waals surface area contributed by atoms with Gasteiger partial charge < -0.3 is 20.0 Å². The van der Waals surface area contributed by atoms with E-state index in [1.54, 1.807) is 0 Å². The van der Waals surface area contributed by atoms with E-state index in [-0.39, 0.29) is 18.7 Å². The predicted octanol–water partition coefficient (Wildman–Crippen LogP) is 3.66. The fourth-order valence-corrected chi connectivity index (χ4v) is 3.04. The Labute approximate surface area is 159 Å². The molecule has 2 N–H and O–H groups in total. The predicted molar refractivity (Wildman–Crippen MR) is 97.2 cm³/mol. The van der Waals surface area contributed by atoms with Crippen molar-refractivity contribution in [1.29, 1.82) is 0 Å². The molecule has 2 aromatic rings. The Kier molecular flexibility index (Phi) is 5.91. The highest BCUT2D eigenvalue weighted by atomic mass is 19.4. The van der Waals surface area contributed by atoms with Gasteiger partial charge in [-0.3, -0.25) is 9.59 Å². The van der Waals surface area contributed by atoms with E-state index >= 15 is 0 Å². The summed E-state index contributed by atoms with van der Waals surface area (Å²) in [6.07, 6.45) is -0.0285. The van der Waals surface area contributed by atoms with Crippen LogP contribution in [0.15, 0.2) is 41.2 Å². The van der Waals surface area contributed by atoms with E-state index in [4.69, 9.17) is 4.42 Å². The van der Waals surface area contributed by atoms with Crippen molar-refractivity contribution in [2.75, 3.05) is 29.9 Å². The highest BCUT2D eigenvalue weighted by molar-refractivity contribution is 5.96. The Bertz CT molecular complexity index is 829. The zero-order valence-corrected chi connectivity index (χ0v) is 15.0. The molecule has 1 aliphatic rings. The third-order valence-corrected chi connectivity index (χ3v) is 4.47. The minimum atomic E-state index is -4.50. The molecule has 0 atom stereocenters. The molecule has 0 bridgehead atoms. The first-order valence-corrected chi connectivity index (χ1v) is 8.91. The molecule has 0 aliphatic carbocycles. The van der Waals surface area contributed by atoms with Crippen LogP contribution in [0.4, 0.5) is 24.5 Å².